The summed E-state index contributed by atoms with van der Waals surface area (Å²) in [7, 11) is 0. The standard InChI is InChI=1S/C23H23NOS/c1-23(2,3)20-15-25-22(24-20)19-14-13-16-9-7-8-12-18(16)21(19)26-17-10-5-4-6-11-17/h4-14,20H,15H2,1-3H3/t20-/m1/s1. The Balaban J connectivity index is 1.83. The van der Waals surface area contributed by atoms with E-state index < -0.39 is 0 Å². The molecule has 0 saturated carbocycles. The third kappa shape index (κ3) is 3.36. The number of fused-ring (bicyclic) bond motifs is 1. The summed E-state index contributed by atoms with van der Waals surface area (Å²) in [6.07, 6.45) is 0. The predicted octanol–water partition coefficient (Wildman–Crippen LogP) is 6.18. The SMILES string of the molecule is CC(C)(C)[C@H]1COC(c2ccc3ccccc3c2Sc2ccccc2)=N1. The van der Waals surface area contributed by atoms with Crippen LogP contribution in [0.2, 0.25) is 0 Å². The number of nitrogens with zero attached hydrogens (tertiary/aromatic N) is 1. The molecule has 0 unspecified atom stereocenters. The maximum absolute atomic E-state index is 6.04. The van der Waals surface area contributed by atoms with Crippen molar-refractivity contribution in [2.45, 2.75) is 36.6 Å². The van der Waals surface area contributed by atoms with Gasteiger partial charge in [-0.3, -0.25) is 0 Å². The summed E-state index contributed by atoms with van der Waals surface area (Å²) in [5.41, 5.74) is 1.19. The molecule has 0 N–H and O–H groups in total. The molecule has 0 spiro atoms. The van der Waals surface area contributed by atoms with E-state index in [2.05, 4.69) is 81.4 Å². The molecule has 0 saturated heterocycles. The van der Waals surface area contributed by atoms with Crippen molar-refractivity contribution in [2.75, 3.05) is 6.61 Å². The Kier molecular flexibility index (Phi) is 4.49. The first kappa shape index (κ1) is 17.2. The second-order valence-corrected chi connectivity index (χ2v) is 8.79. The largest absolute Gasteiger partial charge is 0.475 e. The van der Waals surface area contributed by atoms with Gasteiger partial charge in [-0.05, 0) is 34.4 Å². The first-order valence-electron chi connectivity index (χ1n) is 8.98. The Hall–Kier alpha value is -2.26. The van der Waals surface area contributed by atoms with E-state index >= 15 is 0 Å². The topological polar surface area (TPSA) is 21.6 Å². The minimum absolute atomic E-state index is 0.103. The predicted molar refractivity (Wildman–Crippen MR) is 110 cm³/mol. The third-order valence-corrected chi connectivity index (χ3v) is 5.88. The van der Waals surface area contributed by atoms with Gasteiger partial charge in [-0.1, -0.05) is 81.1 Å². The molecule has 3 heteroatoms. The zero-order chi connectivity index (χ0) is 18.1. The molecular weight excluding hydrogens is 338 g/mol. The lowest BCUT2D eigenvalue weighted by Gasteiger charge is -2.21. The fourth-order valence-corrected chi connectivity index (χ4v) is 4.18. The summed E-state index contributed by atoms with van der Waals surface area (Å²) in [5, 5.41) is 2.48. The molecule has 0 amide bonds. The fourth-order valence-electron chi connectivity index (χ4n) is 3.09. The van der Waals surface area contributed by atoms with Crippen LogP contribution in [0.4, 0.5) is 0 Å². The molecule has 0 radical (unpaired) electrons. The Morgan fingerprint density at radius 2 is 1.65 bits per heavy atom. The van der Waals surface area contributed by atoms with Gasteiger partial charge in [0.15, 0.2) is 0 Å². The number of ether oxygens (including phenoxy) is 1. The van der Waals surface area contributed by atoms with Crippen molar-refractivity contribution in [2.24, 2.45) is 10.4 Å². The molecule has 2 nitrogen and oxygen atoms in total. The normalized spacial score (nSPS) is 17.2. The van der Waals surface area contributed by atoms with Gasteiger partial charge < -0.3 is 4.74 Å². The van der Waals surface area contributed by atoms with E-state index in [-0.39, 0.29) is 11.5 Å². The number of hydrogen-bond acceptors (Lipinski definition) is 3. The zero-order valence-electron chi connectivity index (χ0n) is 15.4. The van der Waals surface area contributed by atoms with Gasteiger partial charge >= 0.3 is 0 Å². The number of benzene rings is 3. The van der Waals surface area contributed by atoms with E-state index in [9.17, 15) is 0 Å². The van der Waals surface area contributed by atoms with E-state index in [4.69, 9.17) is 9.73 Å². The van der Waals surface area contributed by atoms with Crippen LogP contribution in [0.5, 0.6) is 0 Å². The average Bonchev–Trinajstić information content (AvgIpc) is 3.13. The maximum atomic E-state index is 6.04. The lowest BCUT2D eigenvalue weighted by atomic mass is 9.88. The van der Waals surface area contributed by atoms with Crippen molar-refractivity contribution >= 4 is 28.4 Å². The molecule has 1 aliphatic heterocycles. The summed E-state index contributed by atoms with van der Waals surface area (Å²) in [5.74, 6) is 0.772. The van der Waals surface area contributed by atoms with Crippen LogP contribution in [0, 0.1) is 5.41 Å². The van der Waals surface area contributed by atoms with E-state index in [1.165, 1.54) is 20.6 Å². The van der Waals surface area contributed by atoms with Crippen LogP contribution in [-0.2, 0) is 4.74 Å². The molecule has 3 aromatic carbocycles. The Morgan fingerprint density at radius 3 is 2.38 bits per heavy atom. The molecular formula is C23H23NOS. The monoisotopic (exact) mass is 361 g/mol. The van der Waals surface area contributed by atoms with Gasteiger partial charge in [0.2, 0.25) is 5.90 Å². The molecule has 3 aromatic rings. The second kappa shape index (κ2) is 6.81. The molecule has 0 aromatic heterocycles. The molecule has 1 atom stereocenters. The summed E-state index contributed by atoms with van der Waals surface area (Å²) in [4.78, 5) is 7.35. The lowest BCUT2D eigenvalue weighted by Crippen LogP contribution is -2.25. The summed E-state index contributed by atoms with van der Waals surface area (Å²) in [6.45, 7) is 7.30. The lowest BCUT2D eigenvalue weighted by molar-refractivity contribution is 0.235. The van der Waals surface area contributed by atoms with Crippen molar-refractivity contribution in [1.29, 1.82) is 0 Å². The molecule has 132 valence electrons. The van der Waals surface area contributed by atoms with Gasteiger partial charge in [0.1, 0.15) is 6.61 Å². The molecule has 0 bridgehead atoms. The average molecular weight is 362 g/mol. The van der Waals surface area contributed by atoms with Gasteiger partial charge in [-0.15, -0.1) is 0 Å². The van der Waals surface area contributed by atoms with E-state index in [0.29, 0.717) is 6.61 Å². The van der Waals surface area contributed by atoms with Crippen molar-refractivity contribution < 1.29 is 4.74 Å². The fraction of sp³-hybridized carbons (Fsp3) is 0.261. The molecule has 4 rings (SSSR count). The highest BCUT2D eigenvalue weighted by Gasteiger charge is 2.31. The van der Waals surface area contributed by atoms with E-state index in [1.54, 1.807) is 11.8 Å². The van der Waals surface area contributed by atoms with Crippen molar-refractivity contribution in [3.63, 3.8) is 0 Å². The minimum Gasteiger partial charge on any atom is -0.475 e. The number of hydrogen-bond donors (Lipinski definition) is 0. The molecule has 0 fully saturated rings. The minimum atomic E-state index is 0.103. The van der Waals surface area contributed by atoms with Crippen LogP contribution in [-0.4, -0.2) is 18.5 Å². The van der Waals surface area contributed by atoms with Crippen LogP contribution >= 0.6 is 11.8 Å². The van der Waals surface area contributed by atoms with E-state index in [0.717, 1.165) is 11.5 Å². The highest BCUT2D eigenvalue weighted by Crippen LogP contribution is 2.38. The van der Waals surface area contributed by atoms with Crippen LogP contribution in [0.3, 0.4) is 0 Å². The van der Waals surface area contributed by atoms with E-state index in [1.807, 2.05) is 6.07 Å². The maximum Gasteiger partial charge on any atom is 0.217 e. The first-order valence-corrected chi connectivity index (χ1v) is 9.79. The van der Waals surface area contributed by atoms with Crippen LogP contribution < -0.4 is 0 Å². The van der Waals surface area contributed by atoms with Gasteiger partial charge in [0.05, 0.1) is 11.6 Å². The Labute approximate surface area is 159 Å². The van der Waals surface area contributed by atoms with Gasteiger partial charge in [0, 0.05) is 9.79 Å². The highest BCUT2D eigenvalue weighted by atomic mass is 32.2. The van der Waals surface area contributed by atoms with Gasteiger partial charge in [-0.25, -0.2) is 4.99 Å². The number of rotatable bonds is 3. The van der Waals surface area contributed by atoms with Crippen molar-refractivity contribution in [3.05, 3.63) is 72.3 Å². The highest BCUT2D eigenvalue weighted by molar-refractivity contribution is 7.99. The molecule has 0 aliphatic carbocycles. The smallest absolute Gasteiger partial charge is 0.217 e. The van der Waals surface area contributed by atoms with Gasteiger partial charge in [0.25, 0.3) is 0 Å². The summed E-state index contributed by atoms with van der Waals surface area (Å²) < 4.78 is 6.04. The third-order valence-electron chi connectivity index (χ3n) is 4.72. The summed E-state index contributed by atoms with van der Waals surface area (Å²) >= 11 is 1.78. The first-order chi connectivity index (χ1) is 12.5. The van der Waals surface area contributed by atoms with Crippen molar-refractivity contribution in [3.8, 4) is 0 Å². The van der Waals surface area contributed by atoms with Crippen LogP contribution in [0.1, 0.15) is 26.3 Å². The van der Waals surface area contributed by atoms with Crippen LogP contribution in [0.25, 0.3) is 10.8 Å². The Bertz CT molecular complexity index is 957. The Morgan fingerprint density at radius 1 is 0.923 bits per heavy atom. The quantitative estimate of drug-likeness (QED) is 0.555. The molecule has 1 aliphatic rings. The van der Waals surface area contributed by atoms with Crippen LogP contribution in [0.15, 0.2) is 81.5 Å². The summed E-state index contributed by atoms with van der Waals surface area (Å²) in [6, 6.07) is 23.5. The molecule has 1 heterocycles. The second-order valence-electron chi connectivity index (χ2n) is 7.71. The zero-order valence-corrected chi connectivity index (χ0v) is 16.2. The number of aliphatic imine (C=N–C) groups is 1. The molecule has 26 heavy (non-hydrogen) atoms. The van der Waals surface area contributed by atoms with Crippen molar-refractivity contribution in [1.82, 2.24) is 0 Å². The van der Waals surface area contributed by atoms with Gasteiger partial charge in [-0.2, -0.15) is 0 Å².